The first kappa shape index (κ1) is 15.3. The summed E-state index contributed by atoms with van der Waals surface area (Å²) >= 11 is 0. The minimum Gasteiger partial charge on any atom is -0.398 e. The molecule has 1 saturated heterocycles. The van der Waals surface area contributed by atoms with Crippen molar-refractivity contribution < 1.29 is 13.5 Å². The van der Waals surface area contributed by atoms with Crippen molar-refractivity contribution in [2.75, 3.05) is 18.9 Å². The monoisotopic (exact) mass is 298 g/mol. The number of nitrogen functional groups attached to an aromatic ring is 1. The van der Waals surface area contributed by atoms with E-state index < -0.39 is 10.0 Å². The van der Waals surface area contributed by atoms with E-state index >= 15 is 0 Å². The van der Waals surface area contributed by atoms with Crippen LogP contribution in [0.1, 0.15) is 31.2 Å². The van der Waals surface area contributed by atoms with E-state index in [0.717, 1.165) is 19.3 Å². The third-order valence-corrected chi connectivity index (χ3v) is 5.64. The molecular weight excluding hydrogens is 276 g/mol. The van der Waals surface area contributed by atoms with Gasteiger partial charge in [-0.05, 0) is 37.3 Å². The lowest BCUT2D eigenvalue weighted by Gasteiger charge is -2.24. The fraction of sp³-hybridized carbons (Fsp3) is 0.571. The van der Waals surface area contributed by atoms with Gasteiger partial charge in [0.15, 0.2) is 0 Å². The van der Waals surface area contributed by atoms with Crippen LogP contribution in [0.5, 0.6) is 0 Å². The molecule has 1 aromatic rings. The number of benzene rings is 1. The molecule has 1 unspecified atom stereocenters. The molecule has 1 aromatic carbocycles. The Labute approximate surface area is 120 Å². The highest BCUT2D eigenvalue weighted by molar-refractivity contribution is 7.88. The molecular formula is C14H22N2O3S. The van der Waals surface area contributed by atoms with Crippen molar-refractivity contribution in [3.63, 3.8) is 0 Å². The summed E-state index contributed by atoms with van der Waals surface area (Å²) in [6.07, 6.45) is 3.13. The van der Waals surface area contributed by atoms with Gasteiger partial charge in [0.1, 0.15) is 0 Å². The Morgan fingerprint density at radius 1 is 1.35 bits per heavy atom. The fourth-order valence-corrected chi connectivity index (χ4v) is 4.63. The molecule has 0 aromatic heterocycles. The van der Waals surface area contributed by atoms with Crippen LogP contribution in [-0.2, 0) is 15.8 Å². The molecule has 2 rings (SSSR count). The summed E-state index contributed by atoms with van der Waals surface area (Å²) in [6.45, 7) is 0.682. The Hall–Kier alpha value is -1.11. The number of anilines is 1. The zero-order valence-electron chi connectivity index (χ0n) is 11.5. The van der Waals surface area contributed by atoms with Crippen LogP contribution in [0.25, 0.3) is 0 Å². The third kappa shape index (κ3) is 3.50. The van der Waals surface area contributed by atoms with Gasteiger partial charge in [-0.2, -0.15) is 4.31 Å². The number of nitrogens with zero attached hydrogens (tertiary/aromatic N) is 1. The molecule has 1 heterocycles. The molecule has 112 valence electrons. The maximum absolute atomic E-state index is 12.5. The van der Waals surface area contributed by atoms with Crippen LogP contribution in [0.4, 0.5) is 5.69 Å². The second kappa shape index (κ2) is 6.56. The summed E-state index contributed by atoms with van der Waals surface area (Å²) in [6, 6.07) is 7.10. The molecule has 0 saturated carbocycles. The van der Waals surface area contributed by atoms with Gasteiger partial charge in [-0.25, -0.2) is 8.42 Å². The number of nitrogens with two attached hydrogens (primary N) is 1. The van der Waals surface area contributed by atoms with Crippen molar-refractivity contribution in [2.24, 2.45) is 0 Å². The number of rotatable bonds is 6. The van der Waals surface area contributed by atoms with Crippen molar-refractivity contribution in [2.45, 2.75) is 37.5 Å². The number of hydrogen-bond donors (Lipinski definition) is 2. The predicted octanol–water partition coefficient (Wildman–Crippen LogP) is 1.34. The lowest BCUT2D eigenvalue weighted by Crippen LogP contribution is -2.36. The molecule has 3 N–H and O–H groups in total. The van der Waals surface area contributed by atoms with Crippen molar-refractivity contribution in [3.8, 4) is 0 Å². The van der Waals surface area contributed by atoms with E-state index in [2.05, 4.69) is 0 Å². The van der Waals surface area contributed by atoms with Gasteiger partial charge in [-0.15, -0.1) is 0 Å². The summed E-state index contributed by atoms with van der Waals surface area (Å²) in [5.74, 6) is -0.0463. The standard InChI is InChI=1S/C14H22N2O3S/c15-14-8-2-1-5-12(14)11-20(18,19)16-9-3-6-13(16)7-4-10-17/h1-2,5,8,13,17H,3-4,6-7,9-11,15H2. The lowest BCUT2D eigenvalue weighted by molar-refractivity contribution is 0.264. The van der Waals surface area contributed by atoms with Crippen LogP contribution in [0.15, 0.2) is 24.3 Å². The molecule has 0 amide bonds. The van der Waals surface area contributed by atoms with Gasteiger partial charge in [0.25, 0.3) is 0 Å². The van der Waals surface area contributed by atoms with Crippen molar-refractivity contribution in [1.29, 1.82) is 0 Å². The summed E-state index contributed by atoms with van der Waals surface area (Å²) in [7, 11) is -3.34. The van der Waals surface area contributed by atoms with E-state index in [1.807, 2.05) is 0 Å². The SMILES string of the molecule is Nc1ccccc1CS(=O)(=O)N1CCCC1CCCO. The zero-order chi connectivity index (χ0) is 14.6. The molecule has 1 fully saturated rings. The van der Waals surface area contributed by atoms with Gasteiger partial charge < -0.3 is 10.8 Å². The van der Waals surface area contributed by atoms with E-state index in [1.54, 1.807) is 28.6 Å². The van der Waals surface area contributed by atoms with Gasteiger partial charge in [0.05, 0.1) is 5.75 Å². The highest BCUT2D eigenvalue weighted by Gasteiger charge is 2.33. The Kier molecular flexibility index (Phi) is 5.01. The molecule has 1 aliphatic rings. The Balaban J connectivity index is 2.11. The van der Waals surface area contributed by atoms with Crippen molar-refractivity contribution >= 4 is 15.7 Å². The first-order valence-electron chi connectivity index (χ1n) is 6.98. The maximum Gasteiger partial charge on any atom is 0.218 e. The average Bonchev–Trinajstić information content (AvgIpc) is 2.88. The normalized spacial score (nSPS) is 20.4. The van der Waals surface area contributed by atoms with E-state index in [9.17, 15) is 8.42 Å². The van der Waals surface area contributed by atoms with E-state index in [-0.39, 0.29) is 18.4 Å². The second-order valence-corrected chi connectivity index (χ2v) is 7.15. The fourth-order valence-electron chi connectivity index (χ4n) is 2.74. The topological polar surface area (TPSA) is 83.6 Å². The van der Waals surface area contributed by atoms with Crippen LogP contribution < -0.4 is 5.73 Å². The summed E-state index contributed by atoms with van der Waals surface area (Å²) < 4.78 is 26.7. The number of sulfonamides is 1. The maximum atomic E-state index is 12.5. The highest BCUT2D eigenvalue weighted by Crippen LogP contribution is 2.27. The van der Waals surface area contributed by atoms with Gasteiger partial charge in [0.2, 0.25) is 10.0 Å². The minimum atomic E-state index is -3.34. The highest BCUT2D eigenvalue weighted by atomic mass is 32.2. The molecule has 1 aliphatic heterocycles. The minimum absolute atomic E-state index is 0.0251. The lowest BCUT2D eigenvalue weighted by atomic mass is 10.1. The van der Waals surface area contributed by atoms with Crippen LogP contribution in [-0.4, -0.2) is 37.0 Å². The second-order valence-electron chi connectivity index (χ2n) is 5.23. The van der Waals surface area contributed by atoms with E-state index in [1.165, 1.54) is 0 Å². The van der Waals surface area contributed by atoms with Crippen LogP contribution in [0, 0.1) is 0 Å². The number of aliphatic hydroxyl groups excluding tert-OH is 1. The molecule has 20 heavy (non-hydrogen) atoms. The quantitative estimate of drug-likeness (QED) is 0.776. The predicted molar refractivity (Wildman–Crippen MR) is 79.5 cm³/mol. The molecule has 0 aliphatic carbocycles. The van der Waals surface area contributed by atoms with E-state index in [4.69, 9.17) is 10.8 Å². The Bertz CT molecular complexity index is 545. The number of para-hydroxylation sites is 1. The molecule has 0 spiro atoms. The Morgan fingerprint density at radius 2 is 2.10 bits per heavy atom. The molecule has 0 radical (unpaired) electrons. The van der Waals surface area contributed by atoms with E-state index in [0.29, 0.717) is 24.2 Å². The van der Waals surface area contributed by atoms with Gasteiger partial charge in [-0.1, -0.05) is 18.2 Å². The van der Waals surface area contributed by atoms with Crippen molar-refractivity contribution in [1.82, 2.24) is 4.31 Å². The van der Waals surface area contributed by atoms with Gasteiger partial charge in [0, 0.05) is 24.9 Å². The number of hydrogen-bond acceptors (Lipinski definition) is 4. The molecule has 0 bridgehead atoms. The number of aliphatic hydroxyl groups is 1. The van der Waals surface area contributed by atoms with Crippen molar-refractivity contribution in [3.05, 3.63) is 29.8 Å². The summed E-state index contributed by atoms with van der Waals surface area (Å²) in [5.41, 5.74) is 6.99. The largest absolute Gasteiger partial charge is 0.398 e. The molecule has 6 heteroatoms. The van der Waals surface area contributed by atoms with Crippen LogP contribution in [0.2, 0.25) is 0 Å². The smallest absolute Gasteiger partial charge is 0.218 e. The first-order valence-corrected chi connectivity index (χ1v) is 8.59. The van der Waals surface area contributed by atoms with Crippen LogP contribution >= 0.6 is 0 Å². The summed E-state index contributed by atoms with van der Waals surface area (Å²) in [4.78, 5) is 0. The first-order chi connectivity index (χ1) is 9.54. The summed E-state index contributed by atoms with van der Waals surface area (Å²) in [5, 5.41) is 8.90. The molecule has 1 atom stereocenters. The van der Waals surface area contributed by atoms with Gasteiger partial charge >= 0.3 is 0 Å². The third-order valence-electron chi connectivity index (χ3n) is 3.77. The van der Waals surface area contributed by atoms with Crippen LogP contribution in [0.3, 0.4) is 0 Å². The zero-order valence-corrected chi connectivity index (χ0v) is 12.3. The van der Waals surface area contributed by atoms with Gasteiger partial charge in [-0.3, -0.25) is 0 Å². The molecule has 5 nitrogen and oxygen atoms in total. The Morgan fingerprint density at radius 3 is 2.80 bits per heavy atom. The average molecular weight is 298 g/mol.